The van der Waals surface area contributed by atoms with Crippen molar-refractivity contribution in [2.45, 2.75) is 23.5 Å². The predicted octanol–water partition coefficient (Wildman–Crippen LogP) is 2.21. The summed E-state index contributed by atoms with van der Waals surface area (Å²) in [6.45, 7) is 3.58. The van der Waals surface area contributed by atoms with Crippen LogP contribution in [0.4, 0.5) is 4.39 Å². The van der Waals surface area contributed by atoms with Gasteiger partial charge in [0.05, 0.1) is 4.90 Å². The SMILES string of the molecule is CCNCc1ccc(Sc2ncnn2C)c(F)c1. The summed E-state index contributed by atoms with van der Waals surface area (Å²) in [4.78, 5) is 4.62. The van der Waals surface area contributed by atoms with Gasteiger partial charge in [0.1, 0.15) is 12.1 Å². The van der Waals surface area contributed by atoms with E-state index >= 15 is 0 Å². The molecule has 4 nitrogen and oxygen atoms in total. The van der Waals surface area contributed by atoms with Crippen molar-refractivity contribution < 1.29 is 4.39 Å². The largest absolute Gasteiger partial charge is 0.313 e. The second-order valence-corrected chi connectivity index (χ2v) is 4.82. The number of nitrogens with zero attached hydrogens (tertiary/aromatic N) is 3. The number of halogens is 1. The molecule has 0 aliphatic heterocycles. The zero-order valence-corrected chi connectivity index (χ0v) is 11.2. The fraction of sp³-hybridized carbons (Fsp3) is 0.333. The van der Waals surface area contributed by atoms with Gasteiger partial charge in [-0.3, -0.25) is 0 Å². The molecule has 1 heterocycles. The molecule has 0 atom stereocenters. The fourth-order valence-electron chi connectivity index (χ4n) is 1.48. The molecule has 0 bridgehead atoms. The summed E-state index contributed by atoms with van der Waals surface area (Å²) in [6.07, 6.45) is 1.46. The lowest BCUT2D eigenvalue weighted by Gasteiger charge is -2.06. The lowest BCUT2D eigenvalue weighted by molar-refractivity contribution is 0.595. The van der Waals surface area contributed by atoms with Crippen molar-refractivity contribution in [1.82, 2.24) is 20.1 Å². The number of aromatic nitrogens is 3. The normalized spacial score (nSPS) is 10.8. The number of nitrogens with one attached hydrogen (secondary N) is 1. The molecule has 0 fully saturated rings. The Morgan fingerprint density at radius 1 is 1.44 bits per heavy atom. The molecule has 1 N–H and O–H groups in total. The maximum atomic E-state index is 13.9. The van der Waals surface area contributed by atoms with Crippen molar-refractivity contribution in [1.29, 1.82) is 0 Å². The third-order valence-electron chi connectivity index (χ3n) is 2.45. The average Bonchev–Trinajstić information content (AvgIpc) is 2.75. The molecule has 0 saturated carbocycles. The Bertz CT molecular complexity index is 527. The average molecular weight is 266 g/mol. The summed E-state index contributed by atoms with van der Waals surface area (Å²) in [5.41, 5.74) is 0.941. The van der Waals surface area contributed by atoms with Crippen LogP contribution < -0.4 is 5.32 Å². The number of rotatable bonds is 5. The molecule has 0 spiro atoms. The van der Waals surface area contributed by atoms with Gasteiger partial charge in [0.15, 0.2) is 5.16 Å². The monoisotopic (exact) mass is 266 g/mol. The van der Waals surface area contributed by atoms with Gasteiger partial charge in [-0.1, -0.05) is 13.0 Å². The second kappa shape index (κ2) is 5.97. The van der Waals surface area contributed by atoms with Crippen molar-refractivity contribution in [2.75, 3.05) is 6.54 Å². The minimum atomic E-state index is -0.224. The molecular formula is C12H15FN4S. The van der Waals surface area contributed by atoms with Crippen LogP contribution in [0.5, 0.6) is 0 Å². The van der Waals surface area contributed by atoms with E-state index in [2.05, 4.69) is 15.4 Å². The van der Waals surface area contributed by atoms with Crippen molar-refractivity contribution in [3.63, 3.8) is 0 Å². The Balaban J connectivity index is 2.12. The Morgan fingerprint density at radius 3 is 2.89 bits per heavy atom. The van der Waals surface area contributed by atoms with Crippen molar-refractivity contribution in [3.8, 4) is 0 Å². The van der Waals surface area contributed by atoms with Crippen LogP contribution in [0, 0.1) is 5.82 Å². The standard InChI is InChI=1S/C12H15FN4S/c1-3-14-7-9-4-5-11(10(13)6-9)18-12-15-8-16-17(12)2/h4-6,8,14H,3,7H2,1-2H3. The predicted molar refractivity (Wildman–Crippen MR) is 68.9 cm³/mol. The maximum absolute atomic E-state index is 13.9. The maximum Gasteiger partial charge on any atom is 0.190 e. The van der Waals surface area contributed by atoms with Crippen LogP contribution in [0.25, 0.3) is 0 Å². The van der Waals surface area contributed by atoms with Crippen molar-refractivity contribution in [2.24, 2.45) is 7.05 Å². The Kier molecular flexibility index (Phi) is 4.33. The van der Waals surface area contributed by atoms with Gasteiger partial charge < -0.3 is 5.32 Å². The van der Waals surface area contributed by atoms with Crippen LogP contribution in [0.3, 0.4) is 0 Å². The highest BCUT2D eigenvalue weighted by atomic mass is 32.2. The molecule has 0 aliphatic rings. The van der Waals surface area contributed by atoms with E-state index in [-0.39, 0.29) is 5.82 Å². The summed E-state index contributed by atoms with van der Waals surface area (Å²) >= 11 is 1.27. The molecule has 96 valence electrons. The Morgan fingerprint density at radius 2 is 2.28 bits per heavy atom. The molecule has 1 aromatic heterocycles. The number of benzene rings is 1. The number of hydrogen-bond donors (Lipinski definition) is 1. The molecule has 0 aliphatic carbocycles. The third kappa shape index (κ3) is 3.08. The van der Waals surface area contributed by atoms with Gasteiger partial charge in [0.25, 0.3) is 0 Å². The van der Waals surface area contributed by atoms with Crippen LogP contribution in [0.1, 0.15) is 12.5 Å². The van der Waals surface area contributed by atoms with Crippen LogP contribution in [0.2, 0.25) is 0 Å². The fourth-order valence-corrected chi connectivity index (χ4v) is 2.25. The molecule has 0 amide bonds. The van der Waals surface area contributed by atoms with E-state index in [1.807, 2.05) is 13.0 Å². The van der Waals surface area contributed by atoms with E-state index in [4.69, 9.17) is 0 Å². The number of hydrogen-bond acceptors (Lipinski definition) is 4. The van der Waals surface area contributed by atoms with Gasteiger partial charge in [-0.25, -0.2) is 14.1 Å². The van der Waals surface area contributed by atoms with Crippen LogP contribution in [-0.2, 0) is 13.6 Å². The Labute approximate surface area is 110 Å². The quantitative estimate of drug-likeness (QED) is 0.901. The summed E-state index contributed by atoms with van der Waals surface area (Å²) in [7, 11) is 1.78. The minimum Gasteiger partial charge on any atom is -0.313 e. The zero-order valence-electron chi connectivity index (χ0n) is 10.4. The van der Waals surface area contributed by atoms with E-state index in [0.717, 1.165) is 12.1 Å². The van der Waals surface area contributed by atoms with E-state index in [0.29, 0.717) is 16.6 Å². The minimum absolute atomic E-state index is 0.224. The molecule has 0 saturated heterocycles. The molecule has 1 aromatic carbocycles. The molecule has 2 aromatic rings. The first-order valence-corrected chi connectivity index (χ1v) is 6.53. The molecule has 6 heteroatoms. The van der Waals surface area contributed by atoms with E-state index in [1.54, 1.807) is 23.9 Å². The lowest BCUT2D eigenvalue weighted by Crippen LogP contribution is -2.11. The first kappa shape index (κ1) is 13.0. The van der Waals surface area contributed by atoms with E-state index < -0.39 is 0 Å². The van der Waals surface area contributed by atoms with E-state index in [1.165, 1.54) is 18.1 Å². The third-order valence-corrected chi connectivity index (χ3v) is 3.55. The first-order chi connectivity index (χ1) is 8.70. The summed E-state index contributed by atoms with van der Waals surface area (Å²) in [6, 6.07) is 5.26. The van der Waals surface area contributed by atoms with Gasteiger partial charge in [0, 0.05) is 13.6 Å². The van der Waals surface area contributed by atoms with Gasteiger partial charge in [-0.15, -0.1) is 0 Å². The molecule has 0 unspecified atom stereocenters. The van der Waals surface area contributed by atoms with Crippen LogP contribution in [-0.4, -0.2) is 21.3 Å². The highest BCUT2D eigenvalue weighted by Gasteiger charge is 2.09. The molecule has 2 rings (SSSR count). The molecule has 0 radical (unpaired) electrons. The van der Waals surface area contributed by atoms with Crippen molar-refractivity contribution >= 4 is 11.8 Å². The Hall–Kier alpha value is -1.40. The summed E-state index contributed by atoms with van der Waals surface area (Å²) < 4.78 is 15.5. The number of aryl methyl sites for hydroxylation is 1. The van der Waals surface area contributed by atoms with E-state index in [9.17, 15) is 4.39 Å². The lowest BCUT2D eigenvalue weighted by atomic mass is 10.2. The highest BCUT2D eigenvalue weighted by Crippen LogP contribution is 2.28. The summed E-state index contributed by atoms with van der Waals surface area (Å²) in [5.74, 6) is -0.224. The van der Waals surface area contributed by atoms with Gasteiger partial charge >= 0.3 is 0 Å². The van der Waals surface area contributed by atoms with Crippen LogP contribution in [0.15, 0.2) is 34.6 Å². The van der Waals surface area contributed by atoms with Crippen LogP contribution >= 0.6 is 11.8 Å². The highest BCUT2D eigenvalue weighted by molar-refractivity contribution is 7.99. The second-order valence-electron chi connectivity index (χ2n) is 3.81. The summed E-state index contributed by atoms with van der Waals surface area (Å²) in [5, 5.41) is 7.79. The molecular weight excluding hydrogens is 251 g/mol. The smallest absolute Gasteiger partial charge is 0.190 e. The topological polar surface area (TPSA) is 42.7 Å². The van der Waals surface area contributed by atoms with Gasteiger partial charge in [-0.05, 0) is 36.0 Å². The zero-order chi connectivity index (χ0) is 13.0. The van der Waals surface area contributed by atoms with Gasteiger partial charge in [-0.2, -0.15) is 5.10 Å². The first-order valence-electron chi connectivity index (χ1n) is 5.71. The van der Waals surface area contributed by atoms with Crippen molar-refractivity contribution in [3.05, 3.63) is 35.9 Å². The van der Waals surface area contributed by atoms with Gasteiger partial charge in [0.2, 0.25) is 0 Å². The molecule has 18 heavy (non-hydrogen) atoms.